The number of amides is 1. The number of aryl methyl sites for hydroxylation is 1. The van der Waals surface area contributed by atoms with Gasteiger partial charge < -0.3 is 5.32 Å². The van der Waals surface area contributed by atoms with Gasteiger partial charge in [0.05, 0.1) is 6.33 Å². The van der Waals surface area contributed by atoms with Gasteiger partial charge in [-0.2, -0.15) is 0 Å². The number of carbonyl (C=O) groups excluding carboxylic acids is 1. The standard InChI is InChI=1S/C13H12FN3O2/c1-9-5-13(19)17(8-15-9)7-12(18)16-11-4-2-3-10(14)6-11/h2-6,8H,7H2,1H3,(H,16,18). The van der Waals surface area contributed by atoms with Crippen LogP contribution in [-0.4, -0.2) is 15.5 Å². The normalized spacial score (nSPS) is 10.2. The highest BCUT2D eigenvalue weighted by Gasteiger charge is 2.06. The molecule has 1 aromatic carbocycles. The zero-order valence-electron chi connectivity index (χ0n) is 10.3. The molecule has 1 heterocycles. The molecule has 98 valence electrons. The summed E-state index contributed by atoms with van der Waals surface area (Å²) in [5.74, 6) is -0.856. The first kappa shape index (κ1) is 12.9. The summed E-state index contributed by atoms with van der Waals surface area (Å²) in [7, 11) is 0. The van der Waals surface area contributed by atoms with Gasteiger partial charge in [-0.25, -0.2) is 9.37 Å². The molecule has 0 aliphatic rings. The molecule has 0 spiro atoms. The molecular formula is C13H12FN3O2. The fourth-order valence-corrected chi connectivity index (χ4v) is 1.56. The lowest BCUT2D eigenvalue weighted by Crippen LogP contribution is -2.27. The third-order valence-electron chi connectivity index (χ3n) is 2.44. The first-order valence-corrected chi connectivity index (χ1v) is 5.63. The summed E-state index contributed by atoms with van der Waals surface area (Å²) in [4.78, 5) is 27.2. The van der Waals surface area contributed by atoms with Crippen LogP contribution in [0.15, 0.2) is 41.5 Å². The van der Waals surface area contributed by atoms with Gasteiger partial charge >= 0.3 is 0 Å². The molecule has 0 saturated heterocycles. The third-order valence-corrected chi connectivity index (χ3v) is 2.44. The van der Waals surface area contributed by atoms with Gasteiger partial charge in [0, 0.05) is 17.4 Å². The summed E-state index contributed by atoms with van der Waals surface area (Å²) in [6.07, 6.45) is 1.31. The maximum Gasteiger partial charge on any atom is 0.253 e. The number of aromatic nitrogens is 2. The minimum Gasteiger partial charge on any atom is -0.324 e. The van der Waals surface area contributed by atoms with E-state index in [1.807, 2.05) is 0 Å². The molecule has 0 aliphatic carbocycles. The van der Waals surface area contributed by atoms with E-state index in [2.05, 4.69) is 10.3 Å². The lowest BCUT2D eigenvalue weighted by atomic mass is 10.3. The van der Waals surface area contributed by atoms with Gasteiger partial charge in [0.15, 0.2) is 0 Å². The van der Waals surface area contributed by atoms with Crippen molar-refractivity contribution in [1.29, 1.82) is 0 Å². The maximum atomic E-state index is 12.9. The maximum absolute atomic E-state index is 12.9. The number of carbonyl (C=O) groups is 1. The van der Waals surface area contributed by atoms with Crippen molar-refractivity contribution in [2.24, 2.45) is 0 Å². The van der Waals surface area contributed by atoms with Crippen molar-refractivity contribution >= 4 is 11.6 Å². The number of hydrogen-bond acceptors (Lipinski definition) is 3. The number of nitrogens with one attached hydrogen (secondary N) is 1. The molecule has 5 nitrogen and oxygen atoms in total. The second-order valence-electron chi connectivity index (χ2n) is 4.05. The molecule has 2 aromatic rings. The zero-order valence-corrected chi connectivity index (χ0v) is 10.3. The van der Waals surface area contributed by atoms with E-state index in [-0.39, 0.29) is 12.1 Å². The van der Waals surface area contributed by atoms with Crippen molar-refractivity contribution in [3.8, 4) is 0 Å². The number of rotatable bonds is 3. The molecule has 0 atom stereocenters. The molecule has 2 rings (SSSR count). The summed E-state index contributed by atoms with van der Waals surface area (Å²) < 4.78 is 14.1. The molecule has 19 heavy (non-hydrogen) atoms. The number of hydrogen-bond donors (Lipinski definition) is 1. The molecule has 1 N–H and O–H groups in total. The highest BCUT2D eigenvalue weighted by atomic mass is 19.1. The molecule has 0 unspecified atom stereocenters. The van der Waals surface area contributed by atoms with Gasteiger partial charge in [-0.15, -0.1) is 0 Å². The van der Waals surface area contributed by atoms with E-state index >= 15 is 0 Å². The number of benzene rings is 1. The minimum atomic E-state index is -0.438. The minimum absolute atomic E-state index is 0.164. The van der Waals surface area contributed by atoms with Crippen LogP contribution >= 0.6 is 0 Å². The van der Waals surface area contributed by atoms with E-state index in [4.69, 9.17) is 0 Å². The summed E-state index contributed by atoms with van der Waals surface area (Å²) in [5, 5.41) is 2.51. The predicted molar refractivity (Wildman–Crippen MR) is 68.3 cm³/mol. The molecule has 0 radical (unpaired) electrons. The summed E-state index contributed by atoms with van der Waals surface area (Å²) in [6, 6.07) is 6.88. The Morgan fingerprint density at radius 3 is 2.89 bits per heavy atom. The monoisotopic (exact) mass is 261 g/mol. The van der Waals surface area contributed by atoms with Crippen LogP contribution in [0, 0.1) is 12.7 Å². The Morgan fingerprint density at radius 1 is 1.42 bits per heavy atom. The second-order valence-corrected chi connectivity index (χ2v) is 4.05. The van der Waals surface area contributed by atoms with E-state index in [9.17, 15) is 14.0 Å². The first-order chi connectivity index (χ1) is 9.04. The Bertz CT molecular complexity index is 667. The highest BCUT2D eigenvalue weighted by molar-refractivity contribution is 5.90. The fourth-order valence-electron chi connectivity index (χ4n) is 1.56. The molecule has 0 saturated carbocycles. The van der Waals surface area contributed by atoms with Gasteiger partial charge in [0.25, 0.3) is 5.56 Å². The van der Waals surface area contributed by atoms with Crippen LogP contribution in [-0.2, 0) is 11.3 Å². The summed E-state index contributed by atoms with van der Waals surface area (Å²) >= 11 is 0. The van der Waals surface area contributed by atoms with Gasteiger partial charge in [-0.3, -0.25) is 14.2 Å². The van der Waals surface area contributed by atoms with E-state index in [1.54, 1.807) is 13.0 Å². The number of anilines is 1. The average molecular weight is 261 g/mol. The van der Waals surface area contributed by atoms with Crippen molar-refractivity contribution in [2.75, 3.05) is 5.32 Å². The Morgan fingerprint density at radius 2 is 2.21 bits per heavy atom. The van der Waals surface area contributed by atoms with Crippen molar-refractivity contribution in [1.82, 2.24) is 9.55 Å². The topological polar surface area (TPSA) is 64.0 Å². The van der Waals surface area contributed by atoms with Crippen LogP contribution in [0.3, 0.4) is 0 Å². The average Bonchev–Trinajstić information content (AvgIpc) is 2.33. The smallest absolute Gasteiger partial charge is 0.253 e. The molecule has 0 fully saturated rings. The highest BCUT2D eigenvalue weighted by Crippen LogP contribution is 2.08. The van der Waals surface area contributed by atoms with Crippen LogP contribution in [0.1, 0.15) is 5.69 Å². The Kier molecular flexibility index (Phi) is 3.70. The first-order valence-electron chi connectivity index (χ1n) is 5.63. The van der Waals surface area contributed by atoms with E-state index in [1.165, 1.54) is 35.2 Å². The quantitative estimate of drug-likeness (QED) is 0.906. The van der Waals surface area contributed by atoms with Crippen molar-refractivity contribution < 1.29 is 9.18 Å². The predicted octanol–water partition coefficient (Wildman–Crippen LogP) is 1.33. The molecule has 0 bridgehead atoms. The Hall–Kier alpha value is -2.50. The molecule has 1 aromatic heterocycles. The molecular weight excluding hydrogens is 249 g/mol. The molecule has 6 heteroatoms. The second kappa shape index (κ2) is 5.43. The zero-order chi connectivity index (χ0) is 13.8. The SMILES string of the molecule is Cc1cc(=O)n(CC(=O)Nc2cccc(F)c2)cn1. The molecule has 0 aliphatic heterocycles. The fraction of sp³-hybridized carbons (Fsp3) is 0.154. The van der Waals surface area contributed by atoms with E-state index < -0.39 is 11.7 Å². The van der Waals surface area contributed by atoms with Crippen LogP contribution in [0.4, 0.5) is 10.1 Å². The van der Waals surface area contributed by atoms with Crippen molar-refractivity contribution in [2.45, 2.75) is 13.5 Å². The number of nitrogens with zero attached hydrogens (tertiary/aromatic N) is 2. The van der Waals surface area contributed by atoms with Gasteiger partial charge in [0.2, 0.25) is 5.91 Å². The van der Waals surface area contributed by atoms with Crippen LogP contribution in [0.25, 0.3) is 0 Å². The Balaban J connectivity index is 2.07. The van der Waals surface area contributed by atoms with Crippen LogP contribution in [0.5, 0.6) is 0 Å². The number of halogens is 1. The molecule has 1 amide bonds. The third kappa shape index (κ3) is 3.48. The summed E-state index contributed by atoms with van der Waals surface area (Å²) in [6.45, 7) is 1.53. The van der Waals surface area contributed by atoms with Gasteiger partial charge in [-0.05, 0) is 25.1 Å². The lowest BCUT2D eigenvalue weighted by molar-refractivity contribution is -0.116. The van der Waals surface area contributed by atoms with E-state index in [0.717, 1.165) is 0 Å². The lowest BCUT2D eigenvalue weighted by Gasteiger charge is -2.07. The summed E-state index contributed by atoms with van der Waals surface area (Å²) in [5.41, 5.74) is 0.631. The van der Waals surface area contributed by atoms with Crippen molar-refractivity contribution in [3.05, 3.63) is 58.5 Å². The van der Waals surface area contributed by atoms with Crippen LogP contribution < -0.4 is 10.9 Å². The van der Waals surface area contributed by atoms with E-state index in [0.29, 0.717) is 11.4 Å². The Labute approximate surface area is 108 Å². The van der Waals surface area contributed by atoms with Gasteiger partial charge in [0.1, 0.15) is 12.4 Å². The largest absolute Gasteiger partial charge is 0.324 e. The van der Waals surface area contributed by atoms with Crippen molar-refractivity contribution in [3.63, 3.8) is 0 Å². The van der Waals surface area contributed by atoms with Crippen LogP contribution in [0.2, 0.25) is 0 Å². The van der Waals surface area contributed by atoms with Gasteiger partial charge in [-0.1, -0.05) is 6.07 Å².